The fourth-order valence-corrected chi connectivity index (χ4v) is 2.28. The minimum atomic E-state index is -2.88. The first-order chi connectivity index (χ1) is 12.8. The quantitative estimate of drug-likeness (QED) is 0.735. The number of ether oxygens (including phenoxy) is 1. The van der Waals surface area contributed by atoms with Crippen molar-refractivity contribution in [3.05, 3.63) is 59.7 Å². The van der Waals surface area contributed by atoms with E-state index >= 15 is 0 Å². The molecule has 0 spiro atoms. The summed E-state index contributed by atoms with van der Waals surface area (Å²) in [5, 5.41) is 5.56. The molecule has 0 radical (unpaired) electrons. The predicted octanol–water partition coefficient (Wildman–Crippen LogP) is 3.86. The van der Waals surface area contributed by atoms with E-state index in [1.165, 1.54) is 12.1 Å². The number of hydrogen-bond acceptors (Lipinski definition) is 3. The minimum absolute atomic E-state index is 0.0421. The standard InChI is InChI=1S/C20H22F2N2O3/c1-13(2)12-23-19(26)15-5-7-16(8-6-15)24-18(25)11-14-3-9-17(10-4-14)27-20(21)22/h3-10,13,20H,11-12H2,1-2H3,(H,23,26)(H,24,25). The summed E-state index contributed by atoms with van der Waals surface area (Å²) in [6.07, 6.45) is 0.0889. The molecule has 2 rings (SSSR count). The number of amides is 2. The summed E-state index contributed by atoms with van der Waals surface area (Å²) in [6, 6.07) is 12.5. The maximum atomic E-state index is 12.1. The van der Waals surface area contributed by atoms with Crippen LogP contribution in [0.4, 0.5) is 14.5 Å². The molecule has 2 N–H and O–H groups in total. The summed E-state index contributed by atoms with van der Waals surface area (Å²) >= 11 is 0. The highest BCUT2D eigenvalue weighted by Crippen LogP contribution is 2.16. The van der Waals surface area contributed by atoms with Gasteiger partial charge in [-0.2, -0.15) is 8.78 Å². The Hall–Kier alpha value is -2.96. The summed E-state index contributed by atoms with van der Waals surface area (Å²) in [7, 11) is 0. The lowest BCUT2D eigenvalue weighted by molar-refractivity contribution is -0.115. The smallest absolute Gasteiger partial charge is 0.387 e. The fourth-order valence-electron chi connectivity index (χ4n) is 2.28. The summed E-state index contributed by atoms with van der Waals surface area (Å²) in [5.74, 6) is -0.00813. The third-order valence-electron chi connectivity index (χ3n) is 3.61. The number of carbonyl (C=O) groups excluding carboxylic acids is 2. The number of anilines is 1. The van der Waals surface area contributed by atoms with Gasteiger partial charge in [0, 0.05) is 17.8 Å². The molecule has 0 aliphatic rings. The Balaban J connectivity index is 1.87. The summed E-state index contributed by atoms with van der Waals surface area (Å²) in [5.41, 5.74) is 1.75. The zero-order chi connectivity index (χ0) is 19.8. The van der Waals surface area contributed by atoms with E-state index in [1.807, 2.05) is 13.8 Å². The summed E-state index contributed by atoms with van der Waals surface area (Å²) in [6.45, 7) is 1.74. The molecule has 144 valence electrons. The van der Waals surface area contributed by atoms with Gasteiger partial charge in [0.15, 0.2) is 0 Å². The molecule has 0 saturated heterocycles. The fraction of sp³-hybridized carbons (Fsp3) is 0.300. The second-order valence-electron chi connectivity index (χ2n) is 6.43. The first-order valence-corrected chi connectivity index (χ1v) is 8.55. The molecule has 0 unspecified atom stereocenters. The Morgan fingerprint density at radius 2 is 1.63 bits per heavy atom. The van der Waals surface area contributed by atoms with Crippen LogP contribution in [0.1, 0.15) is 29.8 Å². The minimum Gasteiger partial charge on any atom is -0.435 e. The van der Waals surface area contributed by atoms with Gasteiger partial charge in [0.1, 0.15) is 5.75 Å². The van der Waals surface area contributed by atoms with Crippen LogP contribution in [0.3, 0.4) is 0 Å². The maximum absolute atomic E-state index is 12.1. The highest BCUT2D eigenvalue weighted by atomic mass is 19.3. The molecular formula is C20H22F2N2O3. The van der Waals surface area contributed by atoms with E-state index in [4.69, 9.17) is 0 Å². The van der Waals surface area contributed by atoms with Gasteiger partial charge in [0.05, 0.1) is 6.42 Å². The Kier molecular flexibility index (Phi) is 7.28. The monoisotopic (exact) mass is 376 g/mol. The first kappa shape index (κ1) is 20.4. The van der Waals surface area contributed by atoms with E-state index in [-0.39, 0.29) is 24.0 Å². The number of hydrogen-bond donors (Lipinski definition) is 2. The van der Waals surface area contributed by atoms with Gasteiger partial charge in [0.2, 0.25) is 5.91 Å². The maximum Gasteiger partial charge on any atom is 0.387 e. The second kappa shape index (κ2) is 9.66. The Labute approximate surface area is 156 Å². The SMILES string of the molecule is CC(C)CNC(=O)c1ccc(NC(=O)Cc2ccc(OC(F)F)cc2)cc1. The Morgan fingerprint density at radius 3 is 2.19 bits per heavy atom. The number of rotatable bonds is 8. The third-order valence-corrected chi connectivity index (χ3v) is 3.61. The summed E-state index contributed by atoms with van der Waals surface area (Å²) < 4.78 is 28.5. The Bertz CT molecular complexity index is 760. The van der Waals surface area contributed by atoms with Crippen LogP contribution in [0, 0.1) is 5.92 Å². The molecule has 0 aliphatic heterocycles. The van der Waals surface area contributed by atoms with Crippen molar-refractivity contribution in [3.8, 4) is 5.75 Å². The van der Waals surface area contributed by atoms with Crippen molar-refractivity contribution in [2.75, 3.05) is 11.9 Å². The van der Waals surface area contributed by atoms with Gasteiger partial charge in [-0.1, -0.05) is 26.0 Å². The first-order valence-electron chi connectivity index (χ1n) is 8.55. The molecule has 0 fully saturated rings. The van der Waals surface area contributed by atoms with Gasteiger partial charge in [-0.3, -0.25) is 9.59 Å². The van der Waals surface area contributed by atoms with Crippen LogP contribution >= 0.6 is 0 Å². The molecule has 0 saturated carbocycles. The zero-order valence-electron chi connectivity index (χ0n) is 15.2. The van der Waals surface area contributed by atoms with Crippen molar-refractivity contribution in [1.82, 2.24) is 5.32 Å². The molecule has 5 nitrogen and oxygen atoms in total. The molecule has 0 aromatic heterocycles. The molecular weight excluding hydrogens is 354 g/mol. The lowest BCUT2D eigenvalue weighted by atomic mass is 10.1. The van der Waals surface area contributed by atoms with Crippen molar-refractivity contribution in [3.63, 3.8) is 0 Å². The molecule has 0 atom stereocenters. The highest BCUT2D eigenvalue weighted by Gasteiger charge is 2.09. The van der Waals surface area contributed by atoms with Gasteiger partial charge in [-0.25, -0.2) is 0 Å². The molecule has 0 heterocycles. The normalized spacial score (nSPS) is 10.7. The van der Waals surface area contributed by atoms with E-state index in [1.54, 1.807) is 36.4 Å². The van der Waals surface area contributed by atoms with E-state index in [0.29, 0.717) is 29.3 Å². The largest absolute Gasteiger partial charge is 0.435 e. The average Bonchev–Trinajstić information content (AvgIpc) is 2.61. The van der Waals surface area contributed by atoms with Crippen LogP contribution in [0.5, 0.6) is 5.75 Å². The van der Waals surface area contributed by atoms with Crippen LogP contribution in [-0.4, -0.2) is 25.0 Å². The topological polar surface area (TPSA) is 67.4 Å². The van der Waals surface area contributed by atoms with Crippen LogP contribution < -0.4 is 15.4 Å². The van der Waals surface area contributed by atoms with E-state index in [2.05, 4.69) is 15.4 Å². The van der Waals surface area contributed by atoms with Crippen molar-refractivity contribution < 1.29 is 23.1 Å². The van der Waals surface area contributed by atoms with Gasteiger partial charge < -0.3 is 15.4 Å². The summed E-state index contributed by atoms with van der Waals surface area (Å²) in [4.78, 5) is 24.1. The predicted molar refractivity (Wildman–Crippen MR) is 99.0 cm³/mol. The molecule has 2 aromatic rings. The van der Waals surface area contributed by atoms with Crippen molar-refractivity contribution in [2.45, 2.75) is 26.9 Å². The number of alkyl halides is 2. The van der Waals surface area contributed by atoms with Crippen LogP contribution in [0.2, 0.25) is 0 Å². The van der Waals surface area contributed by atoms with E-state index in [9.17, 15) is 18.4 Å². The van der Waals surface area contributed by atoms with Crippen LogP contribution in [0.25, 0.3) is 0 Å². The molecule has 0 aliphatic carbocycles. The number of nitrogens with one attached hydrogen (secondary N) is 2. The van der Waals surface area contributed by atoms with Crippen LogP contribution in [0.15, 0.2) is 48.5 Å². The van der Waals surface area contributed by atoms with Gasteiger partial charge in [-0.05, 0) is 47.9 Å². The lowest BCUT2D eigenvalue weighted by Gasteiger charge is -2.09. The molecule has 0 bridgehead atoms. The number of halogens is 2. The van der Waals surface area contributed by atoms with Crippen molar-refractivity contribution >= 4 is 17.5 Å². The number of carbonyl (C=O) groups is 2. The number of benzene rings is 2. The molecule has 7 heteroatoms. The highest BCUT2D eigenvalue weighted by molar-refractivity contribution is 5.96. The van der Waals surface area contributed by atoms with Crippen LogP contribution in [-0.2, 0) is 11.2 Å². The zero-order valence-corrected chi connectivity index (χ0v) is 15.2. The molecule has 2 aromatic carbocycles. The van der Waals surface area contributed by atoms with Crippen molar-refractivity contribution in [2.24, 2.45) is 5.92 Å². The third kappa shape index (κ3) is 7.05. The Morgan fingerprint density at radius 1 is 1.00 bits per heavy atom. The van der Waals surface area contributed by atoms with Gasteiger partial charge in [-0.15, -0.1) is 0 Å². The molecule has 2 amide bonds. The van der Waals surface area contributed by atoms with E-state index < -0.39 is 6.61 Å². The average molecular weight is 376 g/mol. The van der Waals surface area contributed by atoms with Crippen molar-refractivity contribution in [1.29, 1.82) is 0 Å². The molecule has 27 heavy (non-hydrogen) atoms. The van der Waals surface area contributed by atoms with Gasteiger partial charge in [0.25, 0.3) is 5.91 Å². The van der Waals surface area contributed by atoms with E-state index in [0.717, 1.165) is 0 Å². The second-order valence-corrected chi connectivity index (χ2v) is 6.43. The lowest BCUT2D eigenvalue weighted by Crippen LogP contribution is -2.27. The van der Waals surface area contributed by atoms with Gasteiger partial charge >= 0.3 is 6.61 Å².